The fourth-order valence-corrected chi connectivity index (χ4v) is 2.77. The average molecular weight is 276 g/mol. The lowest BCUT2D eigenvalue weighted by atomic mass is 9.71. The molecule has 1 aliphatic rings. The van der Waals surface area contributed by atoms with Gasteiger partial charge < -0.3 is 10.4 Å². The number of aliphatic carboxylic acids is 1. The second kappa shape index (κ2) is 6.50. The summed E-state index contributed by atoms with van der Waals surface area (Å²) in [6.45, 7) is 0.414. The van der Waals surface area contributed by atoms with E-state index in [2.05, 4.69) is 10.3 Å². The molecule has 2 N–H and O–H groups in total. The van der Waals surface area contributed by atoms with E-state index in [1.165, 1.54) is 0 Å². The molecule has 5 nitrogen and oxygen atoms in total. The Bertz CT molecular complexity index is 467. The molecule has 0 atom stereocenters. The number of carboxylic acids is 1. The molecule has 108 valence electrons. The van der Waals surface area contributed by atoms with Gasteiger partial charge in [0, 0.05) is 25.4 Å². The first-order chi connectivity index (χ1) is 9.62. The van der Waals surface area contributed by atoms with E-state index < -0.39 is 11.4 Å². The van der Waals surface area contributed by atoms with Gasteiger partial charge in [-0.25, -0.2) is 0 Å². The van der Waals surface area contributed by atoms with Gasteiger partial charge >= 0.3 is 5.97 Å². The standard InChI is InChI=1S/C15H20N2O3/c18-13(17-11-12-4-8-16-9-5-12)10-15(14(19)20)6-2-1-3-7-15/h4-5,8-9H,1-3,6-7,10-11H2,(H,17,18)(H,19,20). The molecule has 0 aromatic carbocycles. The van der Waals surface area contributed by atoms with Gasteiger partial charge in [0.15, 0.2) is 0 Å². The number of carboxylic acid groups (broad SMARTS) is 1. The molecule has 0 unspecified atom stereocenters. The molecule has 1 aromatic rings. The molecular formula is C15H20N2O3. The second-order valence-corrected chi connectivity index (χ2v) is 5.46. The lowest BCUT2D eigenvalue weighted by Gasteiger charge is -2.32. The highest BCUT2D eigenvalue weighted by molar-refractivity contribution is 5.85. The van der Waals surface area contributed by atoms with Crippen molar-refractivity contribution in [3.63, 3.8) is 0 Å². The van der Waals surface area contributed by atoms with Gasteiger partial charge in [-0.2, -0.15) is 0 Å². The predicted molar refractivity (Wildman–Crippen MR) is 73.9 cm³/mol. The van der Waals surface area contributed by atoms with Gasteiger partial charge in [-0.15, -0.1) is 0 Å². The van der Waals surface area contributed by atoms with Crippen LogP contribution in [0.25, 0.3) is 0 Å². The number of nitrogens with zero attached hydrogens (tertiary/aromatic N) is 1. The van der Waals surface area contributed by atoms with Gasteiger partial charge in [-0.1, -0.05) is 19.3 Å². The van der Waals surface area contributed by atoms with Crippen LogP contribution in [0.4, 0.5) is 0 Å². The van der Waals surface area contributed by atoms with Crippen molar-refractivity contribution in [3.05, 3.63) is 30.1 Å². The molecule has 5 heteroatoms. The molecule has 1 aromatic heterocycles. The molecule has 1 amide bonds. The SMILES string of the molecule is O=C(CC1(C(=O)O)CCCCC1)NCc1ccncc1. The van der Waals surface area contributed by atoms with Gasteiger partial charge in [-0.3, -0.25) is 14.6 Å². The van der Waals surface area contributed by atoms with Crippen LogP contribution < -0.4 is 5.32 Å². The van der Waals surface area contributed by atoms with E-state index in [0.29, 0.717) is 19.4 Å². The highest BCUT2D eigenvalue weighted by Crippen LogP contribution is 2.39. The number of carbonyl (C=O) groups excluding carboxylic acids is 1. The summed E-state index contributed by atoms with van der Waals surface area (Å²) in [6, 6.07) is 3.65. The molecule has 0 bridgehead atoms. The first-order valence-electron chi connectivity index (χ1n) is 7.01. The third kappa shape index (κ3) is 3.56. The predicted octanol–water partition coefficient (Wildman–Crippen LogP) is 2.12. The molecule has 0 saturated heterocycles. The summed E-state index contributed by atoms with van der Waals surface area (Å²) in [7, 11) is 0. The zero-order chi connectivity index (χ0) is 14.4. The number of aromatic nitrogens is 1. The van der Waals surface area contributed by atoms with Crippen molar-refractivity contribution in [3.8, 4) is 0 Å². The number of carbonyl (C=O) groups is 2. The van der Waals surface area contributed by atoms with Gasteiger partial charge in [-0.05, 0) is 30.5 Å². The van der Waals surface area contributed by atoms with Crippen LogP contribution in [0.3, 0.4) is 0 Å². The van der Waals surface area contributed by atoms with Crippen LogP contribution in [0.15, 0.2) is 24.5 Å². The van der Waals surface area contributed by atoms with Crippen molar-refractivity contribution in [2.45, 2.75) is 45.1 Å². The summed E-state index contributed by atoms with van der Waals surface area (Å²) < 4.78 is 0. The largest absolute Gasteiger partial charge is 0.481 e. The first-order valence-corrected chi connectivity index (χ1v) is 7.01. The van der Waals surface area contributed by atoms with Crippen molar-refractivity contribution >= 4 is 11.9 Å². The number of hydrogen-bond donors (Lipinski definition) is 2. The monoisotopic (exact) mass is 276 g/mol. The Hall–Kier alpha value is -1.91. The summed E-state index contributed by atoms with van der Waals surface area (Å²) in [4.78, 5) is 27.4. The first kappa shape index (κ1) is 14.5. The van der Waals surface area contributed by atoms with Crippen LogP contribution in [0.2, 0.25) is 0 Å². The van der Waals surface area contributed by atoms with E-state index in [0.717, 1.165) is 24.8 Å². The van der Waals surface area contributed by atoms with E-state index in [-0.39, 0.29) is 12.3 Å². The number of nitrogens with one attached hydrogen (secondary N) is 1. The van der Waals surface area contributed by atoms with E-state index >= 15 is 0 Å². The van der Waals surface area contributed by atoms with Gasteiger partial charge in [0.1, 0.15) is 0 Å². The normalized spacial score (nSPS) is 17.4. The van der Waals surface area contributed by atoms with Crippen molar-refractivity contribution in [1.29, 1.82) is 0 Å². The Morgan fingerprint density at radius 3 is 2.45 bits per heavy atom. The molecule has 2 rings (SSSR count). The van der Waals surface area contributed by atoms with Gasteiger partial charge in [0.2, 0.25) is 5.91 Å². The maximum Gasteiger partial charge on any atom is 0.310 e. The van der Waals surface area contributed by atoms with E-state index in [1.54, 1.807) is 12.4 Å². The molecule has 1 saturated carbocycles. The fourth-order valence-electron chi connectivity index (χ4n) is 2.77. The minimum atomic E-state index is -0.861. The summed E-state index contributed by atoms with van der Waals surface area (Å²) >= 11 is 0. The Balaban J connectivity index is 1.90. The van der Waals surface area contributed by atoms with Gasteiger partial charge in [0.05, 0.1) is 5.41 Å². The molecule has 1 aliphatic carbocycles. The Kier molecular flexibility index (Phi) is 4.71. The average Bonchev–Trinajstić information content (AvgIpc) is 2.47. The highest BCUT2D eigenvalue weighted by Gasteiger charge is 2.41. The summed E-state index contributed by atoms with van der Waals surface area (Å²) in [6.07, 6.45) is 7.47. The van der Waals surface area contributed by atoms with Crippen LogP contribution in [0.1, 0.15) is 44.1 Å². The van der Waals surface area contributed by atoms with Crippen molar-refractivity contribution < 1.29 is 14.7 Å². The summed E-state index contributed by atoms with van der Waals surface area (Å²) in [5.41, 5.74) is 0.0991. The van der Waals surface area contributed by atoms with Crippen molar-refractivity contribution in [1.82, 2.24) is 10.3 Å². The van der Waals surface area contributed by atoms with Crippen molar-refractivity contribution in [2.75, 3.05) is 0 Å². The molecule has 0 spiro atoms. The maximum atomic E-state index is 12.0. The smallest absolute Gasteiger partial charge is 0.310 e. The molecule has 1 fully saturated rings. The van der Waals surface area contributed by atoms with E-state index in [1.807, 2.05) is 12.1 Å². The maximum absolute atomic E-state index is 12.0. The molecule has 0 aliphatic heterocycles. The molecule has 0 radical (unpaired) electrons. The quantitative estimate of drug-likeness (QED) is 0.863. The minimum Gasteiger partial charge on any atom is -0.481 e. The lowest BCUT2D eigenvalue weighted by Crippen LogP contribution is -2.39. The third-order valence-electron chi connectivity index (χ3n) is 4.00. The van der Waals surface area contributed by atoms with Crippen molar-refractivity contribution in [2.24, 2.45) is 5.41 Å². The van der Waals surface area contributed by atoms with Gasteiger partial charge in [0.25, 0.3) is 0 Å². The molecule has 20 heavy (non-hydrogen) atoms. The van der Waals surface area contributed by atoms with Crippen LogP contribution in [-0.4, -0.2) is 22.0 Å². The third-order valence-corrected chi connectivity index (χ3v) is 4.00. The zero-order valence-electron chi connectivity index (χ0n) is 11.5. The Morgan fingerprint density at radius 2 is 1.85 bits per heavy atom. The molecular weight excluding hydrogens is 256 g/mol. The molecule has 1 heterocycles. The fraction of sp³-hybridized carbons (Fsp3) is 0.533. The van der Waals surface area contributed by atoms with E-state index in [4.69, 9.17) is 0 Å². The number of rotatable bonds is 5. The van der Waals surface area contributed by atoms with E-state index in [9.17, 15) is 14.7 Å². The summed E-state index contributed by atoms with van der Waals surface area (Å²) in [5.74, 6) is -1.03. The Morgan fingerprint density at radius 1 is 1.20 bits per heavy atom. The number of hydrogen-bond acceptors (Lipinski definition) is 3. The number of pyridine rings is 1. The van der Waals surface area contributed by atoms with Crippen LogP contribution in [0.5, 0.6) is 0 Å². The topological polar surface area (TPSA) is 79.3 Å². The van der Waals surface area contributed by atoms with Crippen LogP contribution in [-0.2, 0) is 16.1 Å². The Labute approximate surface area is 118 Å². The zero-order valence-corrected chi connectivity index (χ0v) is 11.5. The number of amides is 1. The highest BCUT2D eigenvalue weighted by atomic mass is 16.4. The minimum absolute atomic E-state index is 0.0768. The lowest BCUT2D eigenvalue weighted by molar-refractivity contribution is -0.154. The van der Waals surface area contributed by atoms with Crippen LogP contribution in [0, 0.1) is 5.41 Å². The summed E-state index contributed by atoms with van der Waals surface area (Å²) in [5, 5.41) is 12.2. The second-order valence-electron chi connectivity index (χ2n) is 5.46. The van der Waals surface area contributed by atoms with Crippen LogP contribution >= 0.6 is 0 Å².